The van der Waals surface area contributed by atoms with Crippen molar-refractivity contribution in [2.75, 3.05) is 0 Å². The molecule has 20 heavy (non-hydrogen) atoms. The average Bonchev–Trinajstić information content (AvgIpc) is 2.64. The van der Waals surface area contributed by atoms with E-state index in [4.69, 9.17) is 7.85 Å². The smallest absolute Gasteiger partial charge is 0.296 e. The number of nitrogens with zero attached hydrogens (tertiary/aromatic N) is 2. The molecule has 3 rings (SSSR count). The van der Waals surface area contributed by atoms with E-state index < -0.39 is 11.9 Å². The number of fused-ring (bicyclic) bond motifs is 1. The zero-order valence-corrected chi connectivity index (χ0v) is 10.9. The fourth-order valence-corrected chi connectivity index (χ4v) is 2.70. The number of nitrogens with one attached hydrogen (secondary N) is 1. The lowest BCUT2D eigenvalue weighted by Gasteiger charge is -2.21. The van der Waals surface area contributed by atoms with Crippen LogP contribution in [-0.2, 0) is 16.6 Å². The number of amides is 2. The lowest BCUT2D eigenvalue weighted by atomic mass is 9.94. The first-order valence-corrected chi connectivity index (χ1v) is 6.30. The van der Waals surface area contributed by atoms with E-state index in [-0.39, 0.29) is 19.4 Å². The topological polar surface area (TPSA) is 73.1 Å². The van der Waals surface area contributed by atoms with Crippen LogP contribution in [0, 0.1) is 0 Å². The molecule has 1 fully saturated rings. The molecule has 0 bridgehead atoms. The van der Waals surface area contributed by atoms with Gasteiger partial charge < -0.3 is 0 Å². The van der Waals surface area contributed by atoms with E-state index in [2.05, 4.69) is 5.32 Å². The van der Waals surface area contributed by atoms with E-state index in [1.54, 1.807) is 25.2 Å². The van der Waals surface area contributed by atoms with Gasteiger partial charge in [-0.25, -0.2) is 4.79 Å². The summed E-state index contributed by atoms with van der Waals surface area (Å²) in [6.07, 6.45) is 0.542. The zero-order valence-electron chi connectivity index (χ0n) is 10.9. The van der Waals surface area contributed by atoms with Gasteiger partial charge in [0, 0.05) is 14.9 Å². The summed E-state index contributed by atoms with van der Waals surface area (Å²) in [4.78, 5) is 35.5. The average molecular weight is 271 g/mol. The maximum atomic E-state index is 12.4. The normalized spacial score (nSPS) is 19.4. The molecule has 2 amide bonds. The highest BCUT2D eigenvalue weighted by molar-refractivity contribution is 6.38. The molecule has 1 aromatic heterocycles. The van der Waals surface area contributed by atoms with E-state index >= 15 is 0 Å². The summed E-state index contributed by atoms with van der Waals surface area (Å²) in [5.74, 6) is -0.752. The van der Waals surface area contributed by atoms with Crippen molar-refractivity contribution >= 4 is 36.2 Å². The van der Waals surface area contributed by atoms with Crippen LogP contribution < -0.4 is 16.5 Å². The highest BCUT2D eigenvalue weighted by Gasteiger charge is 2.31. The number of hydrogen-bond donors (Lipinski definition) is 1. The number of hydrogen-bond acceptors (Lipinski definition) is 3. The zero-order chi connectivity index (χ0) is 14.4. The van der Waals surface area contributed by atoms with Gasteiger partial charge >= 0.3 is 5.69 Å². The molecule has 0 spiro atoms. The van der Waals surface area contributed by atoms with Gasteiger partial charge in [0.15, 0.2) is 0 Å². The number of imidazole rings is 1. The van der Waals surface area contributed by atoms with Crippen LogP contribution in [-0.4, -0.2) is 28.8 Å². The minimum absolute atomic E-state index is 0. The van der Waals surface area contributed by atoms with Crippen molar-refractivity contribution in [3.05, 3.63) is 28.7 Å². The Morgan fingerprint density at radius 1 is 1.35 bits per heavy atom. The Kier molecular flexibility index (Phi) is 2.77. The lowest BCUT2D eigenvalue weighted by molar-refractivity contribution is -0.135. The number of aromatic nitrogens is 2. The van der Waals surface area contributed by atoms with Crippen molar-refractivity contribution in [2.24, 2.45) is 7.05 Å². The highest BCUT2D eigenvalue weighted by Crippen LogP contribution is 2.21. The van der Waals surface area contributed by atoms with Gasteiger partial charge in [0.1, 0.15) is 13.9 Å². The number of imide groups is 1. The predicted octanol–water partition coefficient (Wildman–Crippen LogP) is -0.642. The molecular weight excluding hydrogens is 257 g/mol. The van der Waals surface area contributed by atoms with Crippen molar-refractivity contribution < 1.29 is 11.0 Å². The maximum Gasteiger partial charge on any atom is 0.329 e. The summed E-state index contributed by atoms with van der Waals surface area (Å²) in [5.41, 5.74) is 1.37. The Labute approximate surface area is 117 Å². The van der Waals surface area contributed by atoms with Gasteiger partial charge in [-0.2, -0.15) is 0 Å². The second-order valence-corrected chi connectivity index (χ2v) is 4.89. The number of para-hydroxylation sites is 1. The molecule has 1 aromatic carbocycles. The Bertz CT molecular complexity index is 796. The second-order valence-electron chi connectivity index (χ2n) is 4.89. The molecule has 1 unspecified atom stereocenters. The van der Waals surface area contributed by atoms with Crippen LogP contribution in [0.3, 0.4) is 0 Å². The molecule has 102 valence electrons. The van der Waals surface area contributed by atoms with Gasteiger partial charge in [0.25, 0.3) is 0 Å². The summed E-state index contributed by atoms with van der Waals surface area (Å²) in [6.45, 7) is 0. The van der Waals surface area contributed by atoms with E-state index in [0.29, 0.717) is 22.9 Å². The van der Waals surface area contributed by atoms with Crippen LogP contribution in [0.5, 0.6) is 0 Å². The van der Waals surface area contributed by atoms with Crippen molar-refractivity contribution in [3.63, 3.8) is 0 Å². The van der Waals surface area contributed by atoms with Crippen LogP contribution >= 0.6 is 0 Å². The van der Waals surface area contributed by atoms with Gasteiger partial charge in [-0.3, -0.25) is 24.0 Å². The molecule has 7 heteroatoms. The molecule has 1 saturated heterocycles. The molecular formula is C13H14BN3O3. The number of aryl methyl sites for hydroxylation is 1. The molecule has 0 saturated carbocycles. The summed E-state index contributed by atoms with van der Waals surface area (Å²) in [6, 6.07) is 4.51. The molecule has 2 aromatic rings. The van der Waals surface area contributed by atoms with E-state index in [1.165, 1.54) is 9.13 Å². The third-order valence-corrected chi connectivity index (χ3v) is 3.66. The van der Waals surface area contributed by atoms with Crippen molar-refractivity contribution in [2.45, 2.75) is 18.9 Å². The number of piperidine rings is 1. The summed E-state index contributed by atoms with van der Waals surface area (Å²) in [5, 5.41) is 2.27. The highest BCUT2D eigenvalue weighted by atomic mass is 16.2. The number of carbonyl (C=O) groups excluding carboxylic acids is 2. The van der Waals surface area contributed by atoms with Crippen LogP contribution in [0.4, 0.5) is 0 Å². The van der Waals surface area contributed by atoms with Crippen LogP contribution in [0.15, 0.2) is 23.0 Å². The largest absolute Gasteiger partial charge is 0.329 e. The summed E-state index contributed by atoms with van der Waals surface area (Å²) >= 11 is 0. The minimum Gasteiger partial charge on any atom is -0.296 e. The molecule has 1 N–H and O–H groups in total. The van der Waals surface area contributed by atoms with E-state index in [9.17, 15) is 14.4 Å². The molecule has 0 aliphatic carbocycles. The predicted molar refractivity (Wildman–Crippen MR) is 76.1 cm³/mol. The van der Waals surface area contributed by atoms with Crippen LogP contribution in [0.2, 0.25) is 0 Å². The second kappa shape index (κ2) is 4.36. The molecule has 1 aliphatic rings. The fraction of sp³-hybridized carbons (Fsp3) is 0.308. The molecule has 6 nitrogen and oxygen atoms in total. The van der Waals surface area contributed by atoms with Crippen LogP contribution in [0.25, 0.3) is 11.0 Å². The number of carbonyl (C=O) groups is 2. The molecule has 2 heterocycles. The Hall–Kier alpha value is -2.31. The first-order chi connectivity index (χ1) is 9.50. The minimum atomic E-state index is -0.675. The SMILES string of the molecule is [B]c1cccc2c1n(C)c(=O)n2C1CCC(=O)NC1=O.[HH]. The standard InChI is InChI=1S/C13H12BN3O3.H2/c1-16-11-7(14)3-2-4-8(11)17(13(16)20)9-5-6-10(18)15-12(9)19;/h2-4,9H,5-6H2,1H3,(H,15,18,19);1H. The van der Waals surface area contributed by atoms with Crippen LogP contribution in [0.1, 0.15) is 20.3 Å². The van der Waals surface area contributed by atoms with Gasteiger partial charge in [-0.05, 0) is 12.5 Å². The summed E-state index contributed by atoms with van der Waals surface area (Å²) in [7, 11) is 7.51. The first-order valence-electron chi connectivity index (χ1n) is 6.30. The summed E-state index contributed by atoms with van der Waals surface area (Å²) < 4.78 is 2.84. The Morgan fingerprint density at radius 3 is 2.80 bits per heavy atom. The third-order valence-electron chi connectivity index (χ3n) is 3.66. The van der Waals surface area contributed by atoms with E-state index in [1.807, 2.05) is 0 Å². The quantitative estimate of drug-likeness (QED) is 0.553. The van der Waals surface area contributed by atoms with Crippen molar-refractivity contribution in [1.82, 2.24) is 14.5 Å². The first kappa shape index (κ1) is 12.7. The van der Waals surface area contributed by atoms with Gasteiger partial charge in [-0.15, -0.1) is 0 Å². The molecule has 1 atom stereocenters. The maximum absolute atomic E-state index is 12.4. The van der Waals surface area contributed by atoms with Gasteiger partial charge in [0.2, 0.25) is 11.8 Å². The van der Waals surface area contributed by atoms with Gasteiger partial charge in [0.05, 0.1) is 11.0 Å². The number of benzene rings is 1. The van der Waals surface area contributed by atoms with E-state index in [0.717, 1.165) is 0 Å². The lowest BCUT2D eigenvalue weighted by Crippen LogP contribution is -2.44. The molecule has 2 radical (unpaired) electrons. The third kappa shape index (κ3) is 1.70. The van der Waals surface area contributed by atoms with Crippen molar-refractivity contribution in [1.29, 1.82) is 0 Å². The Balaban J connectivity index is 0.00000161. The van der Waals surface area contributed by atoms with Crippen molar-refractivity contribution in [3.8, 4) is 0 Å². The Morgan fingerprint density at radius 2 is 2.10 bits per heavy atom. The van der Waals surface area contributed by atoms with Gasteiger partial charge in [-0.1, -0.05) is 17.6 Å². The molecule has 1 aliphatic heterocycles. The number of rotatable bonds is 1. The fourth-order valence-electron chi connectivity index (χ4n) is 2.70. The monoisotopic (exact) mass is 271 g/mol.